The van der Waals surface area contributed by atoms with Gasteiger partial charge < -0.3 is 10.5 Å². The number of amides is 3. The van der Waals surface area contributed by atoms with E-state index in [1.807, 2.05) is 5.32 Å². The summed E-state index contributed by atoms with van der Waals surface area (Å²) < 4.78 is 28.5. The molecule has 3 amide bonds. The molecule has 116 valence electrons. The monoisotopic (exact) mass is 334 g/mol. The molecule has 1 atom stereocenters. The van der Waals surface area contributed by atoms with Gasteiger partial charge in [0.05, 0.1) is 0 Å². The van der Waals surface area contributed by atoms with Gasteiger partial charge in [-0.05, 0) is 38.0 Å². The third-order valence-electron chi connectivity index (χ3n) is 2.56. The lowest BCUT2D eigenvalue weighted by Crippen LogP contribution is -2.42. The lowest BCUT2D eigenvalue weighted by molar-refractivity contribution is -0.126. The Morgan fingerprint density at radius 3 is 2.38 bits per heavy atom. The van der Waals surface area contributed by atoms with Gasteiger partial charge in [-0.2, -0.15) is 0 Å². The fraction of sp³-hybridized carbons (Fsp3) is 0.333. The van der Waals surface area contributed by atoms with Crippen molar-refractivity contribution in [1.82, 2.24) is 5.32 Å². The molecule has 3 N–H and O–H groups in total. The van der Waals surface area contributed by atoms with Crippen LogP contribution in [0.3, 0.4) is 0 Å². The van der Waals surface area contributed by atoms with Crippen LogP contribution in [0, 0.1) is 13.8 Å². The van der Waals surface area contributed by atoms with Crippen molar-refractivity contribution in [1.29, 1.82) is 0 Å². The van der Waals surface area contributed by atoms with Crippen molar-refractivity contribution in [2.75, 3.05) is 0 Å². The molecule has 1 aromatic carbocycles. The number of carbonyl (C=O) groups excluding carboxylic acids is 2. The summed E-state index contributed by atoms with van der Waals surface area (Å²) in [6.45, 7) is 4.67. The second kappa shape index (κ2) is 6.31. The highest BCUT2D eigenvalue weighted by Gasteiger charge is 2.24. The largest absolute Gasteiger partial charge is 0.479 e. The molecule has 21 heavy (non-hydrogen) atoms. The van der Waals surface area contributed by atoms with Crippen LogP contribution in [0.25, 0.3) is 0 Å². The van der Waals surface area contributed by atoms with Crippen LogP contribution in [0.1, 0.15) is 18.1 Å². The molecule has 0 heterocycles. The van der Waals surface area contributed by atoms with E-state index in [2.05, 4.69) is 0 Å². The summed E-state index contributed by atoms with van der Waals surface area (Å²) in [5.74, 6) is -0.830. The Labute approximate surface area is 126 Å². The summed E-state index contributed by atoms with van der Waals surface area (Å²) in [5.41, 5.74) is 6.00. The molecule has 0 saturated carbocycles. The zero-order valence-corrected chi connectivity index (χ0v) is 13.2. The smallest absolute Gasteiger partial charge is 0.318 e. The molecule has 1 unspecified atom stereocenters. The highest BCUT2D eigenvalue weighted by atomic mass is 35.7. The summed E-state index contributed by atoms with van der Waals surface area (Å²) in [4.78, 5) is 22.0. The number of primary amides is 1. The Morgan fingerprint density at radius 2 is 1.90 bits per heavy atom. The highest BCUT2D eigenvalue weighted by molar-refractivity contribution is 8.13. The minimum atomic E-state index is -4.05. The number of hydrogen-bond donors (Lipinski definition) is 2. The molecule has 0 aliphatic rings. The van der Waals surface area contributed by atoms with Gasteiger partial charge in [0.25, 0.3) is 15.0 Å². The number of benzene rings is 1. The molecule has 0 fully saturated rings. The van der Waals surface area contributed by atoms with E-state index < -0.39 is 27.1 Å². The zero-order valence-electron chi connectivity index (χ0n) is 11.6. The first kappa shape index (κ1) is 17.3. The standard InChI is InChI=1S/C12H15ClN2O5S/c1-6-4-7(2)10(9(5-6)21(13,18)19)20-8(3)11(16)15-12(14)17/h4-5,8H,1-3H3,(H3,14,15,16,17). The van der Waals surface area contributed by atoms with Crippen molar-refractivity contribution in [2.24, 2.45) is 5.73 Å². The number of imide groups is 1. The second-order valence-corrected chi connectivity index (χ2v) is 6.99. The SMILES string of the molecule is Cc1cc(C)c(OC(C)C(=O)NC(N)=O)c(S(=O)(=O)Cl)c1. The van der Waals surface area contributed by atoms with E-state index in [9.17, 15) is 18.0 Å². The summed E-state index contributed by atoms with van der Waals surface area (Å²) in [5, 5.41) is 1.84. The highest BCUT2D eigenvalue weighted by Crippen LogP contribution is 2.32. The van der Waals surface area contributed by atoms with Gasteiger partial charge in [-0.3, -0.25) is 10.1 Å². The Hall–Kier alpha value is -1.80. The number of urea groups is 1. The van der Waals surface area contributed by atoms with E-state index in [0.717, 1.165) is 0 Å². The normalized spacial score (nSPS) is 12.6. The summed E-state index contributed by atoms with van der Waals surface area (Å²) in [6, 6.07) is 1.99. The minimum Gasteiger partial charge on any atom is -0.479 e. The number of hydrogen-bond acceptors (Lipinski definition) is 5. The molecule has 1 rings (SSSR count). The molecule has 0 aliphatic carbocycles. The number of aryl methyl sites for hydroxylation is 2. The minimum absolute atomic E-state index is 0.0391. The first-order chi connectivity index (χ1) is 9.52. The van der Waals surface area contributed by atoms with Gasteiger partial charge in [0, 0.05) is 10.7 Å². The Morgan fingerprint density at radius 1 is 1.33 bits per heavy atom. The van der Waals surface area contributed by atoms with Gasteiger partial charge in [0.1, 0.15) is 10.6 Å². The number of nitrogens with two attached hydrogens (primary N) is 1. The van der Waals surface area contributed by atoms with Crippen LogP contribution in [-0.2, 0) is 13.8 Å². The van der Waals surface area contributed by atoms with Crippen molar-refractivity contribution in [3.8, 4) is 5.75 Å². The van der Waals surface area contributed by atoms with Crippen LogP contribution in [0.2, 0.25) is 0 Å². The first-order valence-corrected chi connectivity index (χ1v) is 8.16. The van der Waals surface area contributed by atoms with Crippen LogP contribution < -0.4 is 15.8 Å². The number of ether oxygens (including phenoxy) is 1. The van der Waals surface area contributed by atoms with E-state index in [-0.39, 0.29) is 10.6 Å². The van der Waals surface area contributed by atoms with Crippen molar-refractivity contribution < 1.29 is 22.7 Å². The van der Waals surface area contributed by atoms with E-state index in [4.69, 9.17) is 21.2 Å². The molecule has 0 saturated heterocycles. The average Bonchev–Trinajstić information content (AvgIpc) is 2.29. The molecule has 0 bridgehead atoms. The quantitative estimate of drug-likeness (QED) is 0.802. The third kappa shape index (κ3) is 4.61. The maximum absolute atomic E-state index is 11.6. The summed E-state index contributed by atoms with van der Waals surface area (Å²) >= 11 is 0. The van der Waals surface area contributed by atoms with Crippen molar-refractivity contribution in [3.05, 3.63) is 23.3 Å². The molecule has 9 heteroatoms. The van der Waals surface area contributed by atoms with E-state index in [1.165, 1.54) is 13.0 Å². The van der Waals surface area contributed by atoms with Gasteiger partial charge in [-0.25, -0.2) is 13.2 Å². The lowest BCUT2D eigenvalue weighted by atomic mass is 10.1. The molecule has 7 nitrogen and oxygen atoms in total. The van der Waals surface area contributed by atoms with Gasteiger partial charge >= 0.3 is 6.03 Å². The zero-order chi connectivity index (χ0) is 16.4. The van der Waals surface area contributed by atoms with E-state index in [0.29, 0.717) is 11.1 Å². The maximum Gasteiger partial charge on any atom is 0.318 e. The van der Waals surface area contributed by atoms with Crippen molar-refractivity contribution >= 4 is 31.7 Å². The number of rotatable bonds is 4. The molecular weight excluding hydrogens is 320 g/mol. The van der Waals surface area contributed by atoms with Crippen LogP contribution in [0.5, 0.6) is 5.75 Å². The van der Waals surface area contributed by atoms with Gasteiger partial charge in [0.15, 0.2) is 6.10 Å². The van der Waals surface area contributed by atoms with Gasteiger partial charge in [0.2, 0.25) is 0 Å². The molecule has 1 aromatic rings. The topological polar surface area (TPSA) is 116 Å². The van der Waals surface area contributed by atoms with Crippen molar-refractivity contribution in [3.63, 3.8) is 0 Å². The average molecular weight is 335 g/mol. The molecule has 0 spiro atoms. The molecule has 0 aliphatic heterocycles. The molecule has 0 radical (unpaired) electrons. The third-order valence-corrected chi connectivity index (χ3v) is 3.89. The Kier molecular flexibility index (Phi) is 5.19. The number of carbonyl (C=O) groups is 2. The summed E-state index contributed by atoms with van der Waals surface area (Å²) in [6.07, 6.45) is -1.13. The predicted octanol–water partition coefficient (Wildman–Crippen LogP) is 1.19. The summed E-state index contributed by atoms with van der Waals surface area (Å²) in [7, 11) is 1.32. The fourth-order valence-corrected chi connectivity index (χ4v) is 2.80. The van der Waals surface area contributed by atoms with Crippen LogP contribution in [-0.4, -0.2) is 26.5 Å². The van der Waals surface area contributed by atoms with E-state index in [1.54, 1.807) is 19.9 Å². The molecular formula is C12H15ClN2O5S. The molecule has 0 aromatic heterocycles. The van der Waals surface area contributed by atoms with E-state index >= 15 is 0 Å². The maximum atomic E-state index is 11.6. The second-order valence-electron chi connectivity index (χ2n) is 4.46. The lowest BCUT2D eigenvalue weighted by Gasteiger charge is -2.18. The van der Waals surface area contributed by atoms with Gasteiger partial charge in [-0.1, -0.05) is 6.07 Å². The van der Waals surface area contributed by atoms with Crippen LogP contribution in [0.15, 0.2) is 17.0 Å². The van der Waals surface area contributed by atoms with Gasteiger partial charge in [-0.15, -0.1) is 0 Å². The van der Waals surface area contributed by atoms with Crippen LogP contribution in [0.4, 0.5) is 4.79 Å². The predicted molar refractivity (Wildman–Crippen MR) is 76.8 cm³/mol. The first-order valence-electron chi connectivity index (χ1n) is 5.85. The van der Waals surface area contributed by atoms with Crippen molar-refractivity contribution in [2.45, 2.75) is 31.8 Å². The Bertz CT molecular complexity index is 687. The van der Waals surface area contributed by atoms with Crippen LogP contribution >= 0.6 is 10.7 Å². The fourth-order valence-electron chi connectivity index (χ4n) is 1.70. The number of halogens is 1. The Balaban J connectivity index is 3.19. The number of nitrogens with one attached hydrogen (secondary N) is 1.